The number of aromatic nitrogens is 1. The number of methoxy groups -OCH3 is 1. The highest BCUT2D eigenvalue weighted by atomic mass is 16.5. The van der Waals surface area contributed by atoms with E-state index in [2.05, 4.69) is 59.8 Å². The molecular formula is C31H34N2O2. The first-order valence-corrected chi connectivity index (χ1v) is 12.0. The Kier molecular flexibility index (Phi) is 7.34. The SMILES string of the molecule is C=Cc1cnc(OC)c(C(c2ccccc2)C(O)(CCN(C)C)c2c(C)ccc3ccccc23)c1. The topological polar surface area (TPSA) is 45.6 Å². The second kappa shape index (κ2) is 10.4. The summed E-state index contributed by atoms with van der Waals surface area (Å²) in [5.74, 6) is 0.0844. The van der Waals surface area contributed by atoms with Gasteiger partial charge in [0.2, 0.25) is 5.88 Å². The van der Waals surface area contributed by atoms with E-state index in [1.165, 1.54) is 0 Å². The molecule has 0 saturated carbocycles. The molecular weight excluding hydrogens is 432 g/mol. The van der Waals surface area contributed by atoms with Gasteiger partial charge in [0.25, 0.3) is 0 Å². The second-order valence-corrected chi connectivity index (χ2v) is 9.37. The Morgan fingerprint density at radius 1 is 1.06 bits per heavy atom. The van der Waals surface area contributed by atoms with Crippen LogP contribution in [0.4, 0.5) is 0 Å². The fourth-order valence-corrected chi connectivity index (χ4v) is 5.10. The van der Waals surface area contributed by atoms with Crippen molar-refractivity contribution in [3.05, 3.63) is 113 Å². The molecule has 0 saturated heterocycles. The van der Waals surface area contributed by atoms with E-state index in [0.29, 0.717) is 18.8 Å². The number of fused-ring (bicyclic) bond motifs is 1. The Labute approximate surface area is 208 Å². The molecule has 0 amide bonds. The van der Waals surface area contributed by atoms with E-state index < -0.39 is 11.5 Å². The van der Waals surface area contributed by atoms with Crippen LogP contribution in [0.3, 0.4) is 0 Å². The molecule has 4 aromatic rings. The number of hydrogen-bond acceptors (Lipinski definition) is 4. The molecule has 0 aliphatic carbocycles. The molecule has 1 N–H and O–H groups in total. The lowest BCUT2D eigenvalue weighted by molar-refractivity contribution is 0.00461. The van der Waals surface area contributed by atoms with E-state index in [9.17, 15) is 5.11 Å². The summed E-state index contributed by atoms with van der Waals surface area (Å²) in [6, 6.07) is 24.7. The third kappa shape index (κ3) is 4.86. The van der Waals surface area contributed by atoms with Crippen LogP contribution in [-0.2, 0) is 5.60 Å². The normalized spacial score (nSPS) is 14.0. The highest BCUT2D eigenvalue weighted by Gasteiger charge is 2.43. The molecule has 2 unspecified atom stereocenters. The lowest BCUT2D eigenvalue weighted by Crippen LogP contribution is -2.38. The summed E-state index contributed by atoms with van der Waals surface area (Å²) in [6.45, 7) is 6.74. The van der Waals surface area contributed by atoms with Gasteiger partial charge < -0.3 is 14.7 Å². The summed E-state index contributed by atoms with van der Waals surface area (Å²) in [5, 5.41) is 15.2. The first-order chi connectivity index (χ1) is 16.9. The van der Waals surface area contributed by atoms with Crippen molar-refractivity contribution in [3.8, 4) is 5.88 Å². The first kappa shape index (κ1) is 24.6. The number of ether oxygens (including phenoxy) is 1. The van der Waals surface area contributed by atoms with E-state index in [0.717, 1.165) is 38.6 Å². The van der Waals surface area contributed by atoms with E-state index >= 15 is 0 Å². The maximum Gasteiger partial charge on any atom is 0.217 e. The minimum atomic E-state index is -1.24. The van der Waals surface area contributed by atoms with E-state index in [-0.39, 0.29) is 0 Å². The van der Waals surface area contributed by atoms with Gasteiger partial charge in [-0.3, -0.25) is 0 Å². The number of rotatable bonds is 9. The van der Waals surface area contributed by atoms with Gasteiger partial charge in [0.05, 0.1) is 7.11 Å². The maximum absolute atomic E-state index is 13.0. The molecule has 1 heterocycles. The summed E-state index contributed by atoms with van der Waals surface area (Å²) in [4.78, 5) is 6.70. The Morgan fingerprint density at radius 3 is 2.46 bits per heavy atom. The van der Waals surface area contributed by atoms with Crippen molar-refractivity contribution in [2.24, 2.45) is 0 Å². The molecule has 180 valence electrons. The fraction of sp³-hybridized carbons (Fsp3) is 0.258. The van der Waals surface area contributed by atoms with Crippen LogP contribution in [0, 0.1) is 6.92 Å². The number of pyridine rings is 1. The number of nitrogens with zero attached hydrogens (tertiary/aromatic N) is 2. The van der Waals surface area contributed by atoms with Crippen LogP contribution in [-0.4, -0.2) is 42.7 Å². The predicted molar refractivity (Wildman–Crippen MR) is 145 cm³/mol. The van der Waals surface area contributed by atoms with Gasteiger partial charge in [0.15, 0.2) is 0 Å². The predicted octanol–water partition coefficient (Wildman–Crippen LogP) is 6.17. The van der Waals surface area contributed by atoms with Crippen LogP contribution in [0.15, 0.2) is 85.6 Å². The minimum Gasteiger partial charge on any atom is -0.481 e. The zero-order chi connectivity index (χ0) is 25.0. The van der Waals surface area contributed by atoms with Crippen LogP contribution in [0.25, 0.3) is 16.8 Å². The van der Waals surface area contributed by atoms with Crippen molar-refractivity contribution in [1.82, 2.24) is 9.88 Å². The molecule has 4 rings (SSSR count). The Hall–Kier alpha value is -3.47. The van der Waals surface area contributed by atoms with Crippen LogP contribution >= 0.6 is 0 Å². The number of hydrogen-bond donors (Lipinski definition) is 1. The van der Waals surface area contributed by atoms with Crippen molar-refractivity contribution in [2.45, 2.75) is 24.9 Å². The van der Waals surface area contributed by atoms with Gasteiger partial charge in [-0.05, 0) is 66.5 Å². The van der Waals surface area contributed by atoms with Crippen LogP contribution in [0.5, 0.6) is 5.88 Å². The highest BCUT2D eigenvalue weighted by Crippen LogP contribution is 2.49. The molecule has 1 aromatic heterocycles. The molecule has 2 atom stereocenters. The van der Waals surface area contributed by atoms with Gasteiger partial charge in [0.1, 0.15) is 5.60 Å². The summed E-state index contributed by atoms with van der Waals surface area (Å²) in [5.41, 5.74) is 3.47. The van der Waals surface area contributed by atoms with Gasteiger partial charge in [-0.25, -0.2) is 4.98 Å². The molecule has 0 bridgehead atoms. The average Bonchev–Trinajstić information content (AvgIpc) is 2.88. The third-order valence-corrected chi connectivity index (χ3v) is 6.76. The second-order valence-electron chi connectivity index (χ2n) is 9.37. The molecule has 35 heavy (non-hydrogen) atoms. The van der Waals surface area contributed by atoms with Gasteiger partial charge in [-0.2, -0.15) is 0 Å². The first-order valence-electron chi connectivity index (χ1n) is 12.0. The average molecular weight is 467 g/mol. The van der Waals surface area contributed by atoms with Crippen LogP contribution < -0.4 is 4.74 Å². The Morgan fingerprint density at radius 2 is 1.77 bits per heavy atom. The molecule has 4 heteroatoms. The van der Waals surface area contributed by atoms with Crippen LogP contribution in [0.2, 0.25) is 0 Å². The van der Waals surface area contributed by atoms with Crippen molar-refractivity contribution < 1.29 is 9.84 Å². The summed E-state index contributed by atoms with van der Waals surface area (Å²) in [7, 11) is 5.70. The smallest absolute Gasteiger partial charge is 0.217 e. The molecule has 0 spiro atoms. The molecule has 4 nitrogen and oxygen atoms in total. The number of aryl methyl sites for hydroxylation is 1. The van der Waals surface area contributed by atoms with Gasteiger partial charge in [0, 0.05) is 24.2 Å². The molecule has 0 fully saturated rings. The van der Waals surface area contributed by atoms with Crippen LogP contribution in [0.1, 0.15) is 40.2 Å². The van der Waals surface area contributed by atoms with Gasteiger partial charge in [-0.15, -0.1) is 0 Å². The van der Waals surface area contributed by atoms with Crippen molar-refractivity contribution in [2.75, 3.05) is 27.7 Å². The van der Waals surface area contributed by atoms with Crippen molar-refractivity contribution >= 4 is 16.8 Å². The van der Waals surface area contributed by atoms with Gasteiger partial charge in [-0.1, -0.05) is 79.4 Å². The summed E-state index contributed by atoms with van der Waals surface area (Å²) in [6.07, 6.45) is 4.05. The zero-order valence-corrected chi connectivity index (χ0v) is 21.0. The number of benzene rings is 3. The Bertz CT molecular complexity index is 1320. The highest BCUT2D eigenvalue weighted by molar-refractivity contribution is 5.88. The molecule has 0 aliphatic heterocycles. The molecule has 0 aliphatic rings. The quantitative estimate of drug-likeness (QED) is 0.321. The van der Waals surface area contributed by atoms with Crippen molar-refractivity contribution in [3.63, 3.8) is 0 Å². The Balaban J connectivity index is 2.10. The lowest BCUT2D eigenvalue weighted by Gasteiger charge is -2.40. The molecule has 0 radical (unpaired) electrons. The fourth-order valence-electron chi connectivity index (χ4n) is 5.10. The summed E-state index contributed by atoms with van der Waals surface area (Å²) >= 11 is 0. The minimum absolute atomic E-state index is 0.421. The maximum atomic E-state index is 13.0. The number of aliphatic hydroxyl groups is 1. The largest absolute Gasteiger partial charge is 0.481 e. The third-order valence-electron chi connectivity index (χ3n) is 6.76. The summed E-state index contributed by atoms with van der Waals surface area (Å²) < 4.78 is 5.75. The van der Waals surface area contributed by atoms with Crippen molar-refractivity contribution in [1.29, 1.82) is 0 Å². The zero-order valence-electron chi connectivity index (χ0n) is 21.0. The van der Waals surface area contributed by atoms with E-state index in [1.807, 2.05) is 50.5 Å². The lowest BCUT2D eigenvalue weighted by atomic mass is 9.69. The van der Waals surface area contributed by atoms with E-state index in [4.69, 9.17) is 4.74 Å². The molecule has 3 aromatic carbocycles. The van der Waals surface area contributed by atoms with E-state index in [1.54, 1.807) is 19.4 Å². The standard InChI is InChI=1S/C31H34N2O2/c1-6-23-20-27(30(35-5)32-21-23)29(25-13-8-7-9-14-25)31(34,18-19-33(3)4)28-22(2)16-17-24-12-10-11-15-26(24)28/h6-17,20-21,29,34H,1,18-19H2,2-5H3. The monoisotopic (exact) mass is 466 g/mol. The van der Waals surface area contributed by atoms with Gasteiger partial charge >= 0.3 is 0 Å².